The van der Waals surface area contributed by atoms with Crippen LogP contribution < -0.4 is 18.9 Å². The Kier molecular flexibility index (Phi) is 6.91. The molecule has 0 bridgehead atoms. The highest BCUT2D eigenvalue weighted by Crippen LogP contribution is 2.38. The van der Waals surface area contributed by atoms with Gasteiger partial charge in [-0.15, -0.1) is 0 Å². The molecular weight excluding hydrogens is 426 g/mol. The maximum Gasteiger partial charge on any atom is 0.338 e. The summed E-state index contributed by atoms with van der Waals surface area (Å²) in [6.07, 6.45) is 1.69. The van der Waals surface area contributed by atoms with Crippen LogP contribution in [0.5, 0.6) is 23.0 Å². The third kappa shape index (κ3) is 5.16. The lowest BCUT2D eigenvalue weighted by atomic mass is 10.0. The van der Waals surface area contributed by atoms with Crippen molar-refractivity contribution in [3.8, 4) is 23.0 Å². The zero-order valence-corrected chi connectivity index (χ0v) is 19.2. The van der Waals surface area contributed by atoms with Crippen LogP contribution in [-0.4, -0.2) is 56.4 Å². The number of carbonyl (C=O) groups is 2. The Morgan fingerprint density at radius 2 is 1.85 bits per heavy atom. The van der Waals surface area contributed by atoms with Crippen molar-refractivity contribution in [2.24, 2.45) is 0 Å². The molecule has 176 valence electrons. The predicted octanol–water partition coefficient (Wildman–Crippen LogP) is 3.77. The minimum absolute atomic E-state index is 0.0306. The molecule has 0 spiro atoms. The van der Waals surface area contributed by atoms with Gasteiger partial charge in [0, 0.05) is 6.54 Å². The first-order valence-electron chi connectivity index (χ1n) is 11.2. The molecule has 2 heterocycles. The number of hydrogen-bond acceptors (Lipinski definition) is 7. The van der Waals surface area contributed by atoms with Crippen LogP contribution in [0.1, 0.15) is 48.7 Å². The standard InChI is InChI=1S/C25H29NO7/c1-16(2)33-21-9-7-18(14-22(21)29-3)25(28)32-15-24(27)26-10-4-5-19(26)17-6-8-20-23(13-17)31-12-11-30-20/h6-9,13-14,16,19H,4-5,10-12,15H2,1-3H3. The number of nitrogens with zero attached hydrogens (tertiary/aromatic N) is 1. The Bertz CT molecular complexity index is 1020. The topological polar surface area (TPSA) is 83.5 Å². The summed E-state index contributed by atoms with van der Waals surface area (Å²) in [6.45, 7) is 5.14. The van der Waals surface area contributed by atoms with Gasteiger partial charge >= 0.3 is 5.97 Å². The fraction of sp³-hybridized carbons (Fsp3) is 0.440. The SMILES string of the molecule is COc1cc(C(=O)OCC(=O)N2CCCC2c2ccc3c(c2)OCCO3)ccc1OC(C)C. The van der Waals surface area contributed by atoms with Crippen molar-refractivity contribution in [2.45, 2.75) is 38.8 Å². The molecule has 0 aromatic heterocycles. The van der Waals surface area contributed by atoms with Crippen molar-refractivity contribution in [3.05, 3.63) is 47.5 Å². The molecule has 0 saturated carbocycles. The van der Waals surface area contributed by atoms with E-state index in [2.05, 4.69) is 0 Å². The minimum atomic E-state index is -0.590. The quantitative estimate of drug-likeness (QED) is 0.588. The van der Waals surface area contributed by atoms with Gasteiger partial charge < -0.3 is 28.6 Å². The average Bonchev–Trinajstić information content (AvgIpc) is 3.32. The van der Waals surface area contributed by atoms with Crippen LogP contribution in [0.2, 0.25) is 0 Å². The zero-order valence-electron chi connectivity index (χ0n) is 19.2. The van der Waals surface area contributed by atoms with E-state index in [9.17, 15) is 9.59 Å². The highest BCUT2D eigenvalue weighted by atomic mass is 16.6. The van der Waals surface area contributed by atoms with Gasteiger partial charge in [-0.25, -0.2) is 4.79 Å². The highest BCUT2D eigenvalue weighted by molar-refractivity contribution is 5.92. The van der Waals surface area contributed by atoms with Gasteiger partial charge in [0.2, 0.25) is 0 Å². The number of rotatable bonds is 7. The maximum atomic E-state index is 12.9. The lowest BCUT2D eigenvalue weighted by molar-refractivity contribution is -0.135. The highest BCUT2D eigenvalue weighted by Gasteiger charge is 2.31. The van der Waals surface area contributed by atoms with E-state index < -0.39 is 5.97 Å². The van der Waals surface area contributed by atoms with Crippen molar-refractivity contribution in [1.29, 1.82) is 0 Å². The van der Waals surface area contributed by atoms with Crippen molar-refractivity contribution in [2.75, 3.05) is 33.5 Å². The van der Waals surface area contributed by atoms with Gasteiger partial charge in [-0.2, -0.15) is 0 Å². The van der Waals surface area contributed by atoms with Gasteiger partial charge in [-0.05, 0) is 62.6 Å². The van der Waals surface area contributed by atoms with E-state index >= 15 is 0 Å². The van der Waals surface area contributed by atoms with Crippen LogP contribution in [0.15, 0.2) is 36.4 Å². The number of amides is 1. The second-order valence-electron chi connectivity index (χ2n) is 8.26. The first-order chi connectivity index (χ1) is 16.0. The number of methoxy groups -OCH3 is 1. The van der Waals surface area contributed by atoms with Crippen LogP contribution in [0.3, 0.4) is 0 Å². The molecule has 4 rings (SSSR count). The predicted molar refractivity (Wildman–Crippen MR) is 120 cm³/mol. The molecule has 8 nitrogen and oxygen atoms in total. The summed E-state index contributed by atoms with van der Waals surface area (Å²) >= 11 is 0. The molecule has 0 N–H and O–H groups in total. The second-order valence-corrected chi connectivity index (χ2v) is 8.26. The van der Waals surface area contributed by atoms with Crippen LogP contribution >= 0.6 is 0 Å². The molecule has 1 saturated heterocycles. The molecule has 2 aliphatic heterocycles. The molecule has 33 heavy (non-hydrogen) atoms. The van der Waals surface area contributed by atoms with Crippen LogP contribution in [-0.2, 0) is 9.53 Å². The molecule has 2 aromatic rings. The summed E-state index contributed by atoms with van der Waals surface area (Å²) in [4.78, 5) is 27.2. The number of hydrogen-bond donors (Lipinski definition) is 0. The van der Waals surface area contributed by atoms with Crippen LogP contribution in [0.25, 0.3) is 0 Å². The molecule has 0 radical (unpaired) electrons. The van der Waals surface area contributed by atoms with Gasteiger partial charge in [-0.1, -0.05) is 6.07 Å². The third-order valence-electron chi connectivity index (χ3n) is 5.61. The van der Waals surface area contributed by atoms with E-state index in [-0.39, 0.29) is 24.7 Å². The number of likely N-dealkylation sites (tertiary alicyclic amines) is 1. The molecule has 1 amide bonds. The molecular formula is C25H29NO7. The van der Waals surface area contributed by atoms with E-state index in [0.717, 1.165) is 24.2 Å². The molecule has 2 aliphatic rings. The number of esters is 1. The minimum Gasteiger partial charge on any atom is -0.493 e. The molecule has 0 aliphatic carbocycles. The van der Waals surface area contributed by atoms with Gasteiger partial charge in [0.1, 0.15) is 13.2 Å². The van der Waals surface area contributed by atoms with Gasteiger partial charge in [-0.3, -0.25) is 4.79 Å². The first-order valence-corrected chi connectivity index (χ1v) is 11.2. The Labute approximate surface area is 193 Å². The molecule has 1 atom stereocenters. The van der Waals surface area contributed by atoms with Crippen molar-refractivity contribution in [3.63, 3.8) is 0 Å². The fourth-order valence-corrected chi connectivity index (χ4v) is 4.12. The number of carbonyl (C=O) groups excluding carboxylic acids is 2. The monoisotopic (exact) mass is 455 g/mol. The Morgan fingerprint density at radius 1 is 1.06 bits per heavy atom. The maximum absolute atomic E-state index is 12.9. The molecule has 1 unspecified atom stereocenters. The van der Waals surface area contributed by atoms with Crippen molar-refractivity contribution in [1.82, 2.24) is 4.90 Å². The average molecular weight is 456 g/mol. The van der Waals surface area contributed by atoms with E-state index in [1.807, 2.05) is 32.0 Å². The van der Waals surface area contributed by atoms with Gasteiger partial charge in [0.25, 0.3) is 5.91 Å². The zero-order chi connectivity index (χ0) is 23.4. The van der Waals surface area contributed by atoms with E-state index in [1.54, 1.807) is 23.1 Å². The third-order valence-corrected chi connectivity index (χ3v) is 5.61. The van der Waals surface area contributed by atoms with E-state index in [0.29, 0.717) is 42.6 Å². The Morgan fingerprint density at radius 3 is 2.61 bits per heavy atom. The number of ether oxygens (including phenoxy) is 5. The molecule has 2 aromatic carbocycles. The molecule has 1 fully saturated rings. The van der Waals surface area contributed by atoms with Gasteiger partial charge in [0.15, 0.2) is 29.6 Å². The fourth-order valence-electron chi connectivity index (χ4n) is 4.12. The summed E-state index contributed by atoms with van der Waals surface area (Å²) in [6, 6.07) is 10.5. The first kappa shape index (κ1) is 22.8. The summed E-state index contributed by atoms with van der Waals surface area (Å²) in [5.74, 6) is 1.57. The Balaban J connectivity index is 1.39. The number of fused-ring (bicyclic) bond motifs is 1. The van der Waals surface area contributed by atoms with Crippen molar-refractivity contribution >= 4 is 11.9 Å². The van der Waals surface area contributed by atoms with E-state index in [4.69, 9.17) is 23.7 Å². The number of benzene rings is 2. The lowest BCUT2D eigenvalue weighted by Crippen LogP contribution is -2.34. The second kappa shape index (κ2) is 10.0. The smallest absolute Gasteiger partial charge is 0.338 e. The normalized spacial score (nSPS) is 17.1. The largest absolute Gasteiger partial charge is 0.493 e. The summed E-state index contributed by atoms with van der Waals surface area (Å²) < 4.78 is 27.6. The summed E-state index contributed by atoms with van der Waals surface area (Å²) in [7, 11) is 1.51. The van der Waals surface area contributed by atoms with Crippen LogP contribution in [0, 0.1) is 0 Å². The summed E-state index contributed by atoms with van der Waals surface area (Å²) in [5.41, 5.74) is 1.28. The van der Waals surface area contributed by atoms with E-state index in [1.165, 1.54) is 7.11 Å². The van der Waals surface area contributed by atoms with Crippen LogP contribution in [0.4, 0.5) is 0 Å². The van der Waals surface area contributed by atoms with Gasteiger partial charge in [0.05, 0.1) is 24.8 Å². The Hall–Kier alpha value is -3.42. The summed E-state index contributed by atoms with van der Waals surface area (Å²) in [5, 5.41) is 0. The van der Waals surface area contributed by atoms with Crippen molar-refractivity contribution < 1.29 is 33.3 Å². The molecule has 8 heteroatoms. The lowest BCUT2D eigenvalue weighted by Gasteiger charge is -2.26.